The summed E-state index contributed by atoms with van der Waals surface area (Å²) in [5.74, 6) is -2.73. The zero-order chi connectivity index (χ0) is 37.7. The molecule has 3 saturated heterocycles. The lowest BCUT2D eigenvalue weighted by Gasteiger charge is -2.36. The normalized spacial score (nSPS) is 23.4. The maximum Gasteiger partial charge on any atom is 0.255 e. The van der Waals surface area contributed by atoms with Crippen LogP contribution in [0.4, 0.5) is 14.5 Å². The average molecular weight is 742 g/mol. The number of phenolic OH excluding ortho intramolecular Hbond substituents is 1. The Morgan fingerprint density at radius 1 is 1.06 bits per heavy atom. The molecule has 282 valence electrons. The Balaban J connectivity index is 0.837. The molecule has 14 nitrogen and oxygen atoms in total. The SMILES string of the molecule is NC1=C(/C=C(\N)c2cc(F)cc(F)c2O)N2CC(Oc3ccc(CN4CCN(c5ccc6c(c5)C(=O)N(C5CCC(=O)NC5=O)C6)CC4)cn3)CC2CN1. The van der Waals surface area contributed by atoms with E-state index >= 15 is 0 Å². The van der Waals surface area contributed by atoms with Crippen molar-refractivity contribution in [2.45, 2.75) is 50.5 Å². The molecule has 0 radical (unpaired) electrons. The molecule has 2 aromatic carbocycles. The van der Waals surface area contributed by atoms with E-state index in [9.17, 15) is 28.3 Å². The van der Waals surface area contributed by atoms with Crippen molar-refractivity contribution in [1.82, 2.24) is 30.3 Å². The summed E-state index contributed by atoms with van der Waals surface area (Å²) >= 11 is 0. The van der Waals surface area contributed by atoms with Gasteiger partial charge in [0, 0.05) is 99.5 Å². The number of anilines is 1. The number of carbonyl (C=O) groups excluding carboxylic acids is 3. The van der Waals surface area contributed by atoms with Gasteiger partial charge in [-0.2, -0.15) is 0 Å². The predicted molar refractivity (Wildman–Crippen MR) is 193 cm³/mol. The third-order valence-corrected chi connectivity index (χ3v) is 10.9. The fraction of sp³-hybridized carbons (Fsp3) is 0.368. The molecule has 3 atom stereocenters. The molecule has 6 heterocycles. The van der Waals surface area contributed by atoms with Gasteiger partial charge in [0.1, 0.15) is 23.8 Å². The first-order valence-corrected chi connectivity index (χ1v) is 18.0. The second-order valence-corrected chi connectivity index (χ2v) is 14.4. The van der Waals surface area contributed by atoms with Crippen molar-refractivity contribution >= 4 is 29.1 Å². The van der Waals surface area contributed by atoms with Crippen molar-refractivity contribution in [2.75, 3.05) is 44.2 Å². The first kappa shape index (κ1) is 35.1. The molecule has 3 fully saturated rings. The van der Waals surface area contributed by atoms with E-state index in [1.165, 1.54) is 6.08 Å². The van der Waals surface area contributed by atoms with Crippen LogP contribution in [0.5, 0.6) is 11.6 Å². The van der Waals surface area contributed by atoms with Gasteiger partial charge in [0.2, 0.25) is 17.7 Å². The number of piperazine rings is 1. The summed E-state index contributed by atoms with van der Waals surface area (Å²) in [5.41, 5.74) is 16.3. The molecule has 5 aliphatic heterocycles. The van der Waals surface area contributed by atoms with E-state index in [-0.39, 0.29) is 41.6 Å². The van der Waals surface area contributed by atoms with Crippen LogP contribution in [0.25, 0.3) is 5.70 Å². The summed E-state index contributed by atoms with van der Waals surface area (Å²) in [4.78, 5) is 50.1. The third kappa shape index (κ3) is 6.84. The Kier molecular flexibility index (Phi) is 9.21. The van der Waals surface area contributed by atoms with Crippen molar-refractivity contribution in [2.24, 2.45) is 11.5 Å². The van der Waals surface area contributed by atoms with Crippen LogP contribution < -0.4 is 31.7 Å². The number of allylic oxidation sites excluding steroid dienone is 1. The number of pyridine rings is 1. The largest absolute Gasteiger partial charge is 0.504 e. The fourth-order valence-corrected chi connectivity index (χ4v) is 8.00. The summed E-state index contributed by atoms with van der Waals surface area (Å²) in [6.07, 6.45) is 4.37. The first-order valence-electron chi connectivity index (χ1n) is 18.0. The Morgan fingerprint density at radius 2 is 1.87 bits per heavy atom. The number of imide groups is 1. The summed E-state index contributed by atoms with van der Waals surface area (Å²) < 4.78 is 34.1. The molecule has 0 saturated carbocycles. The van der Waals surface area contributed by atoms with E-state index < -0.39 is 29.3 Å². The number of rotatable bonds is 8. The van der Waals surface area contributed by atoms with Crippen LogP contribution in [0.2, 0.25) is 0 Å². The first-order chi connectivity index (χ1) is 26.0. The van der Waals surface area contributed by atoms with Crippen molar-refractivity contribution in [3.8, 4) is 11.6 Å². The number of nitrogens with one attached hydrogen (secondary N) is 2. The number of piperidine rings is 1. The maximum atomic E-state index is 14.0. The molecule has 3 amide bonds. The summed E-state index contributed by atoms with van der Waals surface area (Å²) in [6, 6.07) is 10.8. The Bertz CT molecular complexity index is 2070. The van der Waals surface area contributed by atoms with Crippen molar-refractivity contribution < 1.29 is 33.0 Å². The lowest BCUT2D eigenvalue weighted by atomic mass is 10.0. The van der Waals surface area contributed by atoms with Crippen LogP contribution in [0, 0.1) is 11.6 Å². The highest BCUT2D eigenvalue weighted by molar-refractivity contribution is 6.05. The number of nitrogens with two attached hydrogens (primary N) is 2. The molecule has 3 unspecified atom stereocenters. The van der Waals surface area contributed by atoms with Gasteiger partial charge in [-0.05, 0) is 41.8 Å². The van der Waals surface area contributed by atoms with E-state index in [0.29, 0.717) is 61.5 Å². The van der Waals surface area contributed by atoms with Crippen molar-refractivity contribution in [3.05, 3.63) is 100 Å². The number of ether oxygens (including phenoxy) is 1. The molecule has 0 bridgehead atoms. The van der Waals surface area contributed by atoms with Crippen LogP contribution in [-0.4, -0.2) is 100.0 Å². The zero-order valence-electron chi connectivity index (χ0n) is 29.4. The van der Waals surface area contributed by atoms with Crippen molar-refractivity contribution in [1.29, 1.82) is 0 Å². The summed E-state index contributed by atoms with van der Waals surface area (Å²) in [7, 11) is 0. The topological polar surface area (TPSA) is 183 Å². The van der Waals surface area contributed by atoms with Gasteiger partial charge < -0.3 is 41.3 Å². The van der Waals surface area contributed by atoms with Gasteiger partial charge in [0.15, 0.2) is 11.6 Å². The number of amides is 3. The van der Waals surface area contributed by atoms with Gasteiger partial charge in [-0.1, -0.05) is 12.1 Å². The molecule has 0 aliphatic carbocycles. The minimum Gasteiger partial charge on any atom is -0.504 e. The van der Waals surface area contributed by atoms with Crippen LogP contribution in [0.15, 0.2) is 66.3 Å². The number of benzene rings is 2. The third-order valence-electron chi connectivity index (χ3n) is 10.9. The second kappa shape index (κ2) is 14.2. The van der Waals surface area contributed by atoms with Crippen LogP contribution in [-0.2, 0) is 22.7 Å². The lowest BCUT2D eigenvalue weighted by molar-refractivity contribution is -0.136. The Morgan fingerprint density at radius 3 is 2.63 bits per heavy atom. The average Bonchev–Trinajstić information content (AvgIpc) is 3.72. The number of nitrogens with zero attached hydrogens (tertiary/aromatic N) is 5. The van der Waals surface area contributed by atoms with E-state index in [1.807, 2.05) is 41.4 Å². The van der Waals surface area contributed by atoms with Gasteiger partial charge in [-0.25, -0.2) is 13.8 Å². The molecule has 54 heavy (non-hydrogen) atoms. The molecular weight excluding hydrogens is 700 g/mol. The number of fused-ring (bicyclic) bond motifs is 2. The molecule has 7 N–H and O–H groups in total. The predicted octanol–water partition coefficient (Wildman–Crippen LogP) is 1.70. The van der Waals surface area contributed by atoms with Gasteiger partial charge in [-0.3, -0.25) is 24.6 Å². The minimum atomic E-state index is -1.10. The van der Waals surface area contributed by atoms with E-state index in [0.717, 1.165) is 55.6 Å². The number of hydrogen-bond acceptors (Lipinski definition) is 12. The van der Waals surface area contributed by atoms with E-state index in [1.54, 1.807) is 4.90 Å². The quantitative estimate of drug-likeness (QED) is 0.211. The Labute approximate surface area is 310 Å². The highest BCUT2D eigenvalue weighted by Gasteiger charge is 2.40. The van der Waals surface area contributed by atoms with Crippen LogP contribution in [0.3, 0.4) is 0 Å². The fourth-order valence-electron chi connectivity index (χ4n) is 8.00. The molecule has 5 aliphatic rings. The standard InChI is InChI=1S/C38H41F2N9O5/c39-23-11-28(35(51)29(40)12-23)30(41)15-32-36(42)44-17-25-13-26(20-48(25)32)54-34-6-1-21(16-43-34)18-46-7-9-47(10-8-46)24-3-2-22-19-49(38(53)27(22)14-24)31-4-5-33(50)45-37(31)52/h1-3,6,11-12,14-16,25-26,31,44,51H,4-5,7-10,13,17-20,41-42H2,(H,45,50,52)/b30-15-. The number of carbonyl (C=O) groups is 3. The zero-order valence-corrected chi connectivity index (χ0v) is 29.4. The monoisotopic (exact) mass is 741 g/mol. The van der Waals surface area contributed by atoms with Gasteiger partial charge in [-0.15, -0.1) is 0 Å². The molecule has 1 aromatic heterocycles. The molecule has 16 heteroatoms. The number of aromatic nitrogens is 1. The summed E-state index contributed by atoms with van der Waals surface area (Å²) in [5, 5.41) is 15.6. The Hall–Kier alpha value is -5.90. The van der Waals surface area contributed by atoms with Gasteiger partial charge in [0.05, 0.1) is 18.3 Å². The van der Waals surface area contributed by atoms with Gasteiger partial charge >= 0.3 is 0 Å². The molecule has 0 spiro atoms. The van der Waals surface area contributed by atoms with E-state index in [2.05, 4.69) is 25.4 Å². The number of phenols is 1. The smallest absolute Gasteiger partial charge is 0.255 e. The molecular formula is C38H41F2N9O5. The summed E-state index contributed by atoms with van der Waals surface area (Å²) in [6.45, 7) is 5.37. The van der Waals surface area contributed by atoms with Crippen molar-refractivity contribution in [3.63, 3.8) is 0 Å². The number of halogens is 2. The highest BCUT2D eigenvalue weighted by Crippen LogP contribution is 2.34. The van der Waals surface area contributed by atoms with Crippen LogP contribution >= 0.6 is 0 Å². The van der Waals surface area contributed by atoms with Gasteiger partial charge in [0.25, 0.3) is 5.91 Å². The number of aromatic hydroxyl groups is 1. The highest BCUT2D eigenvalue weighted by atomic mass is 19.1. The van der Waals surface area contributed by atoms with E-state index in [4.69, 9.17) is 16.2 Å². The molecule has 3 aromatic rings. The number of hydrogen-bond donors (Lipinski definition) is 5. The lowest BCUT2D eigenvalue weighted by Crippen LogP contribution is -2.52. The maximum absolute atomic E-state index is 14.0. The molecule has 8 rings (SSSR count). The second-order valence-electron chi connectivity index (χ2n) is 14.4. The minimum absolute atomic E-state index is 0.0296. The van der Waals surface area contributed by atoms with Crippen LogP contribution in [0.1, 0.15) is 46.3 Å².